The SMILES string of the molecule is CCOC(=O)C1(C2C(c3ccc(C(F)(F)F)n4ccnc34)=Cc3ccccc32)CCC1. The smallest absolute Gasteiger partial charge is 0.431 e. The largest absolute Gasteiger partial charge is 0.466 e. The van der Waals surface area contributed by atoms with E-state index >= 15 is 0 Å². The van der Waals surface area contributed by atoms with Crippen LogP contribution in [0.4, 0.5) is 13.2 Å². The molecule has 1 saturated carbocycles. The molecule has 4 nitrogen and oxygen atoms in total. The third-order valence-corrected chi connectivity index (χ3v) is 6.56. The summed E-state index contributed by atoms with van der Waals surface area (Å²) in [6.45, 7) is 2.08. The van der Waals surface area contributed by atoms with Crippen LogP contribution >= 0.6 is 0 Å². The lowest BCUT2D eigenvalue weighted by atomic mass is 9.57. The fourth-order valence-corrected chi connectivity index (χ4v) is 5.07. The zero-order chi connectivity index (χ0) is 21.8. The van der Waals surface area contributed by atoms with E-state index in [1.54, 1.807) is 6.92 Å². The van der Waals surface area contributed by atoms with Gasteiger partial charge in [0, 0.05) is 23.9 Å². The van der Waals surface area contributed by atoms with Crippen molar-refractivity contribution < 1.29 is 22.7 Å². The lowest BCUT2D eigenvalue weighted by Crippen LogP contribution is -2.44. The van der Waals surface area contributed by atoms with Gasteiger partial charge in [-0.3, -0.25) is 9.20 Å². The predicted octanol–water partition coefficient (Wildman–Crippen LogP) is 5.72. The van der Waals surface area contributed by atoms with Gasteiger partial charge in [0.15, 0.2) is 0 Å². The number of carbonyl (C=O) groups excluding carboxylic acids is 1. The lowest BCUT2D eigenvalue weighted by Gasteiger charge is -2.45. The van der Waals surface area contributed by atoms with Crippen LogP contribution < -0.4 is 0 Å². The number of nitrogens with zero attached hydrogens (tertiary/aromatic N) is 2. The molecular formula is C24H21F3N2O2. The number of aromatic nitrogens is 2. The molecule has 160 valence electrons. The summed E-state index contributed by atoms with van der Waals surface area (Å²) in [7, 11) is 0. The molecule has 0 saturated heterocycles. The highest BCUT2D eigenvalue weighted by atomic mass is 19.4. The number of benzene rings is 1. The maximum Gasteiger partial charge on any atom is 0.431 e. The van der Waals surface area contributed by atoms with Gasteiger partial charge in [-0.25, -0.2) is 4.98 Å². The Kier molecular flexibility index (Phi) is 4.46. The van der Waals surface area contributed by atoms with Crippen LogP contribution in [-0.4, -0.2) is 22.0 Å². The normalized spacial score (nSPS) is 19.6. The fraction of sp³-hybridized carbons (Fsp3) is 0.333. The molecule has 1 unspecified atom stereocenters. The van der Waals surface area contributed by atoms with Crippen LogP contribution in [0.3, 0.4) is 0 Å². The topological polar surface area (TPSA) is 43.6 Å². The summed E-state index contributed by atoms with van der Waals surface area (Å²) >= 11 is 0. The summed E-state index contributed by atoms with van der Waals surface area (Å²) in [5.41, 5.74) is 2.16. The van der Waals surface area contributed by atoms with Crippen molar-refractivity contribution in [2.24, 2.45) is 5.41 Å². The van der Waals surface area contributed by atoms with Crippen LogP contribution in [0.15, 0.2) is 48.8 Å². The quantitative estimate of drug-likeness (QED) is 0.501. The molecule has 1 fully saturated rings. The molecule has 0 N–H and O–H groups in total. The summed E-state index contributed by atoms with van der Waals surface area (Å²) in [4.78, 5) is 17.3. The van der Waals surface area contributed by atoms with Gasteiger partial charge in [0.25, 0.3) is 0 Å². The molecule has 0 spiro atoms. The molecule has 0 radical (unpaired) electrons. The van der Waals surface area contributed by atoms with Gasteiger partial charge in [-0.05, 0) is 48.6 Å². The molecule has 2 heterocycles. The molecule has 31 heavy (non-hydrogen) atoms. The van der Waals surface area contributed by atoms with Gasteiger partial charge in [0.05, 0.1) is 12.0 Å². The molecule has 0 bridgehead atoms. The summed E-state index contributed by atoms with van der Waals surface area (Å²) in [6, 6.07) is 10.4. The van der Waals surface area contributed by atoms with Crippen LogP contribution in [-0.2, 0) is 15.7 Å². The molecule has 5 rings (SSSR count). The zero-order valence-corrected chi connectivity index (χ0v) is 16.9. The first-order valence-electron chi connectivity index (χ1n) is 10.4. The Hall–Kier alpha value is -3.09. The highest BCUT2D eigenvalue weighted by molar-refractivity contribution is 5.99. The van der Waals surface area contributed by atoms with Crippen LogP contribution in [0.2, 0.25) is 0 Å². The van der Waals surface area contributed by atoms with Crippen molar-refractivity contribution in [1.82, 2.24) is 9.38 Å². The average Bonchev–Trinajstić information content (AvgIpc) is 3.31. The van der Waals surface area contributed by atoms with Crippen LogP contribution in [0, 0.1) is 5.41 Å². The number of hydrogen-bond donors (Lipinski definition) is 0. The van der Waals surface area contributed by atoms with Gasteiger partial charge in [0.1, 0.15) is 11.3 Å². The first kappa shape index (κ1) is 19.8. The average molecular weight is 426 g/mol. The van der Waals surface area contributed by atoms with Crippen LogP contribution in [0.5, 0.6) is 0 Å². The van der Waals surface area contributed by atoms with E-state index < -0.39 is 17.3 Å². The van der Waals surface area contributed by atoms with Gasteiger partial charge in [-0.15, -0.1) is 0 Å². The fourth-order valence-electron chi connectivity index (χ4n) is 5.07. The zero-order valence-electron chi connectivity index (χ0n) is 16.9. The molecule has 2 aromatic heterocycles. The maximum atomic E-state index is 13.5. The van der Waals surface area contributed by atoms with Gasteiger partial charge in [-0.1, -0.05) is 36.8 Å². The third kappa shape index (κ3) is 2.90. The summed E-state index contributed by atoms with van der Waals surface area (Å²) in [6.07, 6.45) is 2.47. The second kappa shape index (κ2) is 6.97. The Balaban J connectivity index is 1.71. The molecule has 7 heteroatoms. The van der Waals surface area contributed by atoms with E-state index in [0.717, 1.165) is 33.6 Å². The van der Waals surface area contributed by atoms with Crippen molar-refractivity contribution in [1.29, 1.82) is 0 Å². The number of esters is 1. The summed E-state index contributed by atoms with van der Waals surface area (Å²) in [5, 5.41) is 0. The van der Waals surface area contributed by atoms with E-state index in [2.05, 4.69) is 4.98 Å². The Bertz CT molecular complexity index is 1200. The van der Waals surface area contributed by atoms with Crippen molar-refractivity contribution in [3.63, 3.8) is 0 Å². The van der Waals surface area contributed by atoms with Gasteiger partial charge in [0.2, 0.25) is 0 Å². The minimum absolute atomic E-state index is 0.234. The van der Waals surface area contributed by atoms with E-state index in [1.807, 2.05) is 30.3 Å². The maximum absolute atomic E-state index is 13.5. The van der Waals surface area contributed by atoms with Gasteiger partial charge >= 0.3 is 12.1 Å². The highest BCUT2D eigenvalue weighted by Gasteiger charge is 2.55. The number of alkyl halides is 3. The first-order chi connectivity index (χ1) is 14.9. The molecule has 1 aromatic carbocycles. The summed E-state index contributed by atoms with van der Waals surface area (Å²) in [5.74, 6) is -0.520. The number of carbonyl (C=O) groups is 1. The number of ether oxygens (including phenoxy) is 1. The molecule has 1 atom stereocenters. The van der Waals surface area contributed by atoms with Crippen LogP contribution in [0.1, 0.15) is 54.5 Å². The van der Waals surface area contributed by atoms with Crippen molar-refractivity contribution in [2.45, 2.75) is 38.3 Å². The standard InChI is InChI=1S/C24H21F3N2O2/c1-2-31-22(30)23(10-5-11-23)20-16-7-4-3-6-15(16)14-18(20)17-8-9-19(24(25,26)27)29-13-12-28-21(17)29/h3-4,6-9,12-14,20H,2,5,10-11H2,1H3. The Morgan fingerprint density at radius 3 is 2.68 bits per heavy atom. The molecule has 2 aliphatic rings. The van der Waals surface area contributed by atoms with E-state index in [4.69, 9.17) is 4.74 Å². The predicted molar refractivity (Wildman–Crippen MR) is 110 cm³/mol. The van der Waals surface area contributed by atoms with Crippen molar-refractivity contribution >= 4 is 23.3 Å². The van der Waals surface area contributed by atoms with E-state index in [0.29, 0.717) is 25.0 Å². The molecule has 3 aromatic rings. The second-order valence-electron chi connectivity index (χ2n) is 8.14. The Morgan fingerprint density at radius 2 is 2.00 bits per heavy atom. The Morgan fingerprint density at radius 1 is 1.23 bits per heavy atom. The van der Waals surface area contributed by atoms with E-state index in [-0.39, 0.29) is 17.5 Å². The van der Waals surface area contributed by atoms with Crippen molar-refractivity contribution in [3.05, 3.63) is 71.2 Å². The van der Waals surface area contributed by atoms with E-state index in [1.165, 1.54) is 18.5 Å². The Labute approximate surface area is 177 Å². The first-order valence-corrected chi connectivity index (χ1v) is 10.4. The monoisotopic (exact) mass is 426 g/mol. The number of hydrogen-bond acceptors (Lipinski definition) is 3. The molecule has 2 aliphatic carbocycles. The number of imidazole rings is 1. The summed E-state index contributed by atoms with van der Waals surface area (Å²) < 4.78 is 47.1. The molecule has 0 amide bonds. The van der Waals surface area contributed by atoms with Gasteiger partial charge in [-0.2, -0.15) is 13.2 Å². The van der Waals surface area contributed by atoms with Gasteiger partial charge < -0.3 is 4.74 Å². The number of halogens is 3. The molecular weight excluding hydrogens is 405 g/mol. The minimum Gasteiger partial charge on any atom is -0.466 e. The highest BCUT2D eigenvalue weighted by Crippen LogP contribution is 2.60. The number of pyridine rings is 1. The second-order valence-corrected chi connectivity index (χ2v) is 8.14. The number of fused-ring (bicyclic) bond motifs is 2. The third-order valence-electron chi connectivity index (χ3n) is 6.56. The molecule has 0 aliphatic heterocycles. The van der Waals surface area contributed by atoms with E-state index in [9.17, 15) is 18.0 Å². The lowest BCUT2D eigenvalue weighted by molar-refractivity contribution is -0.162. The number of allylic oxidation sites excluding steroid dienone is 1. The minimum atomic E-state index is -4.50. The van der Waals surface area contributed by atoms with Crippen LogP contribution in [0.25, 0.3) is 17.3 Å². The number of rotatable bonds is 4. The van der Waals surface area contributed by atoms with Crippen molar-refractivity contribution in [2.75, 3.05) is 6.61 Å². The van der Waals surface area contributed by atoms with Crippen molar-refractivity contribution in [3.8, 4) is 0 Å².